The lowest BCUT2D eigenvalue weighted by Crippen LogP contribution is -2.36. The number of benzene rings is 3. The number of carboxylic acids is 1. The molecule has 9 nitrogen and oxygen atoms in total. The van der Waals surface area contributed by atoms with Gasteiger partial charge in [-0.05, 0) is 105 Å². The maximum atomic E-state index is 14.3. The quantitative estimate of drug-likeness (QED) is 0.162. The number of ether oxygens (including phenoxy) is 2. The van der Waals surface area contributed by atoms with Gasteiger partial charge in [-0.25, -0.2) is 4.79 Å². The Balaban J connectivity index is 1.34. The number of nitrogens with one attached hydrogen (secondary N) is 1. The van der Waals surface area contributed by atoms with E-state index in [1.807, 2.05) is 69.8 Å². The van der Waals surface area contributed by atoms with E-state index >= 15 is 0 Å². The first kappa shape index (κ1) is 34.5. The predicted molar refractivity (Wildman–Crippen MR) is 194 cm³/mol. The molecule has 0 bridgehead atoms. The van der Waals surface area contributed by atoms with Gasteiger partial charge in [0.25, 0.3) is 5.91 Å². The Hall–Kier alpha value is -4.31. The molecular weight excluding hydrogens is 663 g/mol. The number of amides is 1. The second kappa shape index (κ2) is 14.3. The number of morpholine rings is 1. The number of hydrogen-bond donors (Lipinski definition) is 2. The van der Waals surface area contributed by atoms with Crippen molar-refractivity contribution in [2.75, 3.05) is 43.1 Å². The van der Waals surface area contributed by atoms with E-state index in [0.717, 1.165) is 66.8 Å². The van der Waals surface area contributed by atoms with E-state index in [1.54, 1.807) is 6.07 Å². The van der Waals surface area contributed by atoms with Crippen LogP contribution in [0.1, 0.15) is 56.8 Å². The standard InChI is InChI=1S/C38H40Cl2N4O5/c1-21-15-28(16-22(2)36(21)40)49-12-6-7-29-30-8-9-33(39)35(34-23(3)42-43(5)24(34)4)31(30)20-32(29)37(45)41-26-17-25(38(46)47)18-27(19-26)44-10-13-48-14-11-44/h8-9,15-19H,6-7,10-14,20H2,1-5H3,(H,41,45)(H,46,47). The molecule has 1 aliphatic heterocycles. The SMILES string of the molecule is Cc1cc(OCCCC2=C(C(=O)Nc3cc(C(=O)O)cc(N4CCOCC4)c3)Cc3c2ccc(Cl)c3-c2c(C)nn(C)c2C)cc(C)c1Cl. The number of halogens is 2. The summed E-state index contributed by atoms with van der Waals surface area (Å²) in [4.78, 5) is 28.4. The molecule has 3 aromatic carbocycles. The number of aryl methyl sites for hydroxylation is 4. The van der Waals surface area contributed by atoms with Crippen molar-refractivity contribution < 1.29 is 24.2 Å². The van der Waals surface area contributed by atoms with Crippen molar-refractivity contribution >= 4 is 52.0 Å². The summed E-state index contributed by atoms with van der Waals surface area (Å²) in [6.45, 7) is 10.7. The van der Waals surface area contributed by atoms with Gasteiger partial charge in [-0.1, -0.05) is 29.3 Å². The van der Waals surface area contributed by atoms with Gasteiger partial charge in [-0.3, -0.25) is 9.48 Å². The lowest BCUT2D eigenvalue weighted by atomic mass is 9.93. The number of hydrogen-bond acceptors (Lipinski definition) is 6. The molecule has 1 saturated heterocycles. The molecule has 4 aromatic rings. The molecule has 0 atom stereocenters. The molecule has 0 unspecified atom stereocenters. The summed E-state index contributed by atoms with van der Waals surface area (Å²) >= 11 is 13.3. The zero-order valence-electron chi connectivity index (χ0n) is 28.4. The molecule has 2 aliphatic rings. The van der Waals surface area contributed by atoms with Crippen LogP contribution in [0.3, 0.4) is 0 Å². The summed E-state index contributed by atoms with van der Waals surface area (Å²) in [6, 6.07) is 12.7. The van der Waals surface area contributed by atoms with Crippen LogP contribution in [0.4, 0.5) is 11.4 Å². The summed E-state index contributed by atoms with van der Waals surface area (Å²) in [5, 5.41) is 18.9. The molecule has 1 amide bonds. The predicted octanol–water partition coefficient (Wildman–Crippen LogP) is 7.97. The minimum Gasteiger partial charge on any atom is -0.494 e. The van der Waals surface area contributed by atoms with E-state index in [2.05, 4.69) is 15.3 Å². The van der Waals surface area contributed by atoms with Crippen LogP contribution in [0.5, 0.6) is 5.75 Å². The van der Waals surface area contributed by atoms with Crippen LogP contribution >= 0.6 is 23.2 Å². The van der Waals surface area contributed by atoms with Crippen molar-refractivity contribution in [3.63, 3.8) is 0 Å². The van der Waals surface area contributed by atoms with E-state index in [0.29, 0.717) is 68.5 Å². The van der Waals surface area contributed by atoms with Crippen molar-refractivity contribution in [1.29, 1.82) is 0 Å². The number of aromatic carboxylic acids is 1. The monoisotopic (exact) mass is 702 g/mol. The van der Waals surface area contributed by atoms with E-state index in [4.69, 9.17) is 32.7 Å². The molecule has 49 heavy (non-hydrogen) atoms. The van der Waals surface area contributed by atoms with E-state index < -0.39 is 5.97 Å². The molecule has 11 heteroatoms. The maximum Gasteiger partial charge on any atom is 0.335 e. The Morgan fingerprint density at radius 2 is 1.71 bits per heavy atom. The highest BCUT2D eigenvalue weighted by Crippen LogP contribution is 2.46. The first-order valence-electron chi connectivity index (χ1n) is 16.4. The van der Waals surface area contributed by atoms with Crippen molar-refractivity contribution in [2.24, 2.45) is 7.05 Å². The highest BCUT2D eigenvalue weighted by atomic mass is 35.5. The summed E-state index contributed by atoms with van der Waals surface area (Å²) in [6.07, 6.45) is 1.61. The lowest BCUT2D eigenvalue weighted by molar-refractivity contribution is -0.112. The second-order valence-corrected chi connectivity index (χ2v) is 13.5. The minimum absolute atomic E-state index is 0.102. The van der Waals surface area contributed by atoms with Gasteiger partial charge in [-0.15, -0.1) is 0 Å². The highest BCUT2D eigenvalue weighted by molar-refractivity contribution is 6.34. The Labute approximate surface area is 296 Å². The smallest absolute Gasteiger partial charge is 0.335 e. The molecule has 0 radical (unpaired) electrons. The Morgan fingerprint density at radius 3 is 2.37 bits per heavy atom. The molecule has 2 N–H and O–H groups in total. The van der Waals surface area contributed by atoms with Crippen LogP contribution in [-0.2, 0) is 23.0 Å². The topological polar surface area (TPSA) is 106 Å². The number of aromatic nitrogens is 2. The third-order valence-corrected chi connectivity index (χ3v) is 10.3. The molecule has 1 aliphatic carbocycles. The highest BCUT2D eigenvalue weighted by Gasteiger charge is 2.31. The number of anilines is 2. The van der Waals surface area contributed by atoms with Crippen LogP contribution in [0, 0.1) is 27.7 Å². The van der Waals surface area contributed by atoms with Crippen molar-refractivity contribution in [1.82, 2.24) is 9.78 Å². The lowest BCUT2D eigenvalue weighted by Gasteiger charge is -2.29. The zero-order valence-corrected chi connectivity index (χ0v) is 29.9. The van der Waals surface area contributed by atoms with Gasteiger partial charge in [0, 0.05) is 70.4 Å². The van der Waals surface area contributed by atoms with Crippen molar-refractivity contribution in [3.8, 4) is 16.9 Å². The fourth-order valence-corrected chi connectivity index (χ4v) is 7.27. The largest absolute Gasteiger partial charge is 0.494 e. The Kier molecular flexibility index (Phi) is 10.1. The van der Waals surface area contributed by atoms with Crippen LogP contribution in [0.2, 0.25) is 10.0 Å². The molecule has 1 aromatic heterocycles. The zero-order chi connectivity index (χ0) is 35.0. The van der Waals surface area contributed by atoms with Crippen LogP contribution in [-0.4, -0.2) is 59.7 Å². The summed E-state index contributed by atoms with van der Waals surface area (Å²) in [5.74, 6) is -0.594. The van der Waals surface area contributed by atoms with Gasteiger partial charge >= 0.3 is 5.97 Å². The van der Waals surface area contributed by atoms with Crippen LogP contribution < -0.4 is 15.0 Å². The molecule has 256 valence electrons. The normalized spacial score (nSPS) is 14.3. The van der Waals surface area contributed by atoms with Gasteiger partial charge < -0.3 is 24.8 Å². The Morgan fingerprint density at radius 1 is 1.00 bits per heavy atom. The number of fused-ring (bicyclic) bond motifs is 1. The summed E-state index contributed by atoms with van der Waals surface area (Å²) < 4.78 is 13.5. The van der Waals surface area contributed by atoms with Crippen molar-refractivity contribution in [2.45, 2.75) is 47.0 Å². The number of carboxylic acid groups (broad SMARTS) is 1. The summed E-state index contributed by atoms with van der Waals surface area (Å²) in [7, 11) is 1.91. The maximum absolute atomic E-state index is 14.3. The number of carbonyl (C=O) groups excluding carboxylic acids is 1. The molecular formula is C38H40Cl2N4O5. The first-order valence-corrected chi connectivity index (χ1v) is 17.1. The Bertz CT molecular complexity index is 1970. The third-order valence-electron chi connectivity index (χ3n) is 9.39. The van der Waals surface area contributed by atoms with Crippen LogP contribution in [0.25, 0.3) is 16.7 Å². The van der Waals surface area contributed by atoms with Gasteiger partial charge in [0.2, 0.25) is 0 Å². The van der Waals surface area contributed by atoms with E-state index in [1.165, 1.54) is 6.07 Å². The average Bonchev–Trinajstić information content (AvgIpc) is 3.57. The molecule has 6 rings (SSSR count). The number of nitrogens with zero attached hydrogens (tertiary/aromatic N) is 3. The fraction of sp³-hybridized carbons (Fsp3) is 0.342. The van der Waals surface area contributed by atoms with Crippen LogP contribution in [0.15, 0.2) is 48.0 Å². The average molecular weight is 704 g/mol. The van der Waals surface area contributed by atoms with Gasteiger partial charge in [-0.2, -0.15) is 5.10 Å². The summed E-state index contributed by atoms with van der Waals surface area (Å²) in [5.41, 5.74) is 10.3. The second-order valence-electron chi connectivity index (χ2n) is 12.7. The minimum atomic E-state index is -1.06. The van der Waals surface area contributed by atoms with Gasteiger partial charge in [0.05, 0.1) is 31.1 Å². The number of carbonyl (C=O) groups is 2. The van der Waals surface area contributed by atoms with E-state index in [-0.39, 0.29) is 11.5 Å². The first-order chi connectivity index (χ1) is 23.4. The van der Waals surface area contributed by atoms with Gasteiger partial charge in [0.1, 0.15) is 5.75 Å². The molecule has 1 fully saturated rings. The fourth-order valence-electron chi connectivity index (χ4n) is 6.89. The molecule has 2 heterocycles. The molecule has 0 saturated carbocycles. The molecule has 0 spiro atoms. The van der Waals surface area contributed by atoms with Crippen molar-refractivity contribution in [3.05, 3.63) is 97.3 Å². The third kappa shape index (κ3) is 7.06. The van der Waals surface area contributed by atoms with E-state index in [9.17, 15) is 14.7 Å². The van der Waals surface area contributed by atoms with Gasteiger partial charge in [0.15, 0.2) is 0 Å². The number of rotatable bonds is 10. The number of allylic oxidation sites excluding steroid dienone is 1.